The lowest BCUT2D eigenvalue weighted by molar-refractivity contribution is 0.315. The summed E-state index contributed by atoms with van der Waals surface area (Å²) in [5, 5.41) is 4.94. The predicted molar refractivity (Wildman–Crippen MR) is 275 cm³/mol. The Hall–Kier alpha value is -6.65. The van der Waals surface area contributed by atoms with Gasteiger partial charge in [-0.2, -0.15) is 0 Å². The van der Waals surface area contributed by atoms with Crippen LogP contribution in [0.3, 0.4) is 0 Å². The Bertz CT molecular complexity index is 3390. The van der Waals surface area contributed by atoms with Crippen molar-refractivity contribution in [3.8, 4) is 22.3 Å². The second-order valence-corrected chi connectivity index (χ2v) is 21.3. The van der Waals surface area contributed by atoms with Crippen LogP contribution in [0.4, 0.5) is 0 Å². The Balaban J connectivity index is 0.843. The molecule has 0 amide bonds. The summed E-state index contributed by atoms with van der Waals surface area (Å²) in [6, 6.07) is 39.3. The van der Waals surface area contributed by atoms with Crippen molar-refractivity contribution in [2.75, 3.05) is 0 Å². The van der Waals surface area contributed by atoms with Crippen LogP contribution in [0.15, 0.2) is 171 Å². The van der Waals surface area contributed by atoms with Gasteiger partial charge in [-0.1, -0.05) is 142 Å². The number of aryl methyl sites for hydroxylation is 1. The number of amidine groups is 1. The highest BCUT2D eigenvalue weighted by Gasteiger charge is 2.49. The molecule has 334 valence electrons. The van der Waals surface area contributed by atoms with E-state index in [4.69, 9.17) is 14.1 Å². The highest BCUT2D eigenvalue weighted by atomic mass is 16.5. The predicted octanol–water partition coefficient (Wildman–Crippen LogP) is 15.8. The minimum atomic E-state index is -0.238. The Morgan fingerprint density at radius 1 is 0.647 bits per heavy atom. The number of nitrogens with zero attached hydrogens (tertiary/aromatic N) is 1. The lowest BCUT2D eigenvalue weighted by Crippen LogP contribution is -2.29. The van der Waals surface area contributed by atoms with Crippen LogP contribution in [-0.4, -0.2) is 5.84 Å². The average Bonchev–Trinajstić information content (AvgIpc) is 4.12. The highest BCUT2D eigenvalue weighted by molar-refractivity contribution is 6.03. The van der Waals surface area contributed by atoms with Gasteiger partial charge in [0.15, 0.2) is 0 Å². The second kappa shape index (κ2) is 14.9. The van der Waals surface area contributed by atoms with Crippen molar-refractivity contribution in [2.24, 2.45) is 10.9 Å². The molecule has 2 aliphatic heterocycles. The Morgan fingerprint density at radius 2 is 1.40 bits per heavy atom. The normalized spacial score (nSPS) is 23.2. The molecule has 2 fully saturated rings. The molecule has 4 nitrogen and oxygen atoms in total. The van der Waals surface area contributed by atoms with E-state index < -0.39 is 0 Å². The van der Waals surface area contributed by atoms with Crippen LogP contribution in [-0.2, 0) is 22.0 Å². The first kappa shape index (κ1) is 39.4. The first-order valence-corrected chi connectivity index (χ1v) is 25.9. The topological polar surface area (TPSA) is 46.8 Å². The van der Waals surface area contributed by atoms with E-state index in [2.05, 4.69) is 145 Å². The van der Waals surface area contributed by atoms with Crippen molar-refractivity contribution >= 4 is 28.5 Å². The lowest BCUT2D eigenvalue weighted by Gasteiger charge is -2.37. The molecule has 68 heavy (non-hydrogen) atoms. The molecule has 5 aromatic carbocycles. The van der Waals surface area contributed by atoms with Crippen molar-refractivity contribution in [2.45, 2.75) is 113 Å². The van der Waals surface area contributed by atoms with Gasteiger partial charge in [-0.3, -0.25) is 4.99 Å². The number of rotatable bonds is 4. The molecule has 7 aliphatic carbocycles. The fourth-order valence-corrected chi connectivity index (χ4v) is 14.8. The third kappa shape index (κ3) is 5.64. The molecule has 4 heteroatoms. The van der Waals surface area contributed by atoms with E-state index in [0.717, 1.165) is 83.2 Å². The number of nitrogens with one attached hydrogen (secondary N) is 1. The van der Waals surface area contributed by atoms with Crippen molar-refractivity contribution in [3.05, 3.63) is 212 Å². The van der Waals surface area contributed by atoms with E-state index in [1.165, 1.54) is 114 Å². The van der Waals surface area contributed by atoms with Crippen LogP contribution >= 0.6 is 0 Å². The Morgan fingerprint density at radius 3 is 2.26 bits per heavy atom. The Labute approximate surface area is 399 Å². The largest absolute Gasteiger partial charge is 0.461 e. The van der Waals surface area contributed by atoms with Gasteiger partial charge in [0, 0.05) is 50.9 Å². The number of aliphatic imine (C=N–C) groups is 1. The molecule has 15 rings (SSSR count). The molecule has 0 bridgehead atoms. The fraction of sp³-hybridized carbons (Fsp3) is 0.297. The molecule has 1 N–H and O–H groups in total. The van der Waals surface area contributed by atoms with E-state index >= 15 is 0 Å². The van der Waals surface area contributed by atoms with E-state index in [1.54, 1.807) is 22.3 Å². The van der Waals surface area contributed by atoms with Gasteiger partial charge in [0.2, 0.25) is 0 Å². The summed E-state index contributed by atoms with van der Waals surface area (Å²) in [7, 11) is 0. The number of benzene rings is 5. The van der Waals surface area contributed by atoms with Gasteiger partial charge in [0.1, 0.15) is 34.7 Å². The number of ether oxygens (including phenoxy) is 1. The van der Waals surface area contributed by atoms with Crippen LogP contribution in [0.1, 0.15) is 146 Å². The van der Waals surface area contributed by atoms with Crippen LogP contribution in [0.25, 0.3) is 44.9 Å². The summed E-state index contributed by atoms with van der Waals surface area (Å²) in [6.07, 6.45) is 31.7. The van der Waals surface area contributed by atoms with Gasteiger partial charge in [-0.05, 0) is 155 Å². The highest BCUT2D eigenvalue weighted by Crippen LogP contribution is 2.63. The number of fused-ring (bicyclic) bond motifs is 15. The van der Waals surface area contributed by atoms with Crippen LogP contribution in [0, 0.1) is 5.92 Å². The molecule has 0 radical (unpaired) electrons. The Kier molecular flexibility index (Phi) is 8.64. The van der Waals surface area contributed by atoms with Crippen molar-refractivity contribution < 1.29 is 9.15 Å². The fourth-order valence-electron chi connectivity index (χ4n) is 14.8. The van der Waals surface area contributed by atoms with E-state index in [0.29, 0.717) is 5.92 Å². The van der Waals surface area contributed by atoms with Gasteiger partial charge < -0.3 is 14.5 Å². The zero-order valence-electron chi connectivity index (χ0n) is 38.8. The smallest absolute Gasteiger partial charge is 0.140 e. The number of allylic oxidation sites excluding steroid dienone is 6. The van der Waals surface area contributed by atoms with Crippen LogP contribution in [0.2, 0.25) is 0 Å². The standard InChI is InChI=1S/C64H56N2O2/c1-4-16-39(17-5-1)62-65-55(41-26-28-45-44-19-7-9-25-57(44)67-59(45)35-41)38-56(66-62)47-22-14-21-46-49-34-40(27-29-58(49)68-61(46)47)42-20-15-24-52-60(42)50-37-53-48(36-54(50)64(52)32-12-3-13-33-64)43-18-6-8-23-51(43)63(53)30-10-2-11-31-63/h1,4-6,8-9,14-18,20-26,34-38,45,56H,2-3,7,10-13,19,27-33H2,(H,65,66). The lowest BCUT2D eigenvalue weighted by atomic mass is 9.66. The molecule has 2 unspecified atom stereocenters. The maximum atomic E-state index is 7.05. The number of hydrogen-bond acceptors (Lipinski definition) is 4. The van der Waals surface area contributed by atoms with E-state index in [9.17, 15) is 0 Å². The maximum Gasteiger partial charge on any atom is 0.140 e. The number of para-hydroxylation sites is 1. The molecule has 9 aliphatic rings. The quantitative estimate of drug-likeness (QED) is 0.192. The van der Waals surface area contributed by atoms with E-state index in [-0.39, 0.29) is 16.9 Å². The molecular weight excluding hydrogens is 829 g/mol. The third-order valence-corrected chi connectivity index (χ3v) is 17.9. The maximum absolute atomic E-state index is 7.05. The summed E-state index contributed by atoms with van der Waals surface area (Å²) in [6.45, 7) is 0. The van der Waals surface area contributed by atoms with Crippen molar-refractivity contribution in [1.82, 2.24) is 5.32 Å². The summed E-state index contributed by atoms with van der Waals surface area (Å²) < 4.78 is 13.5. The van der Waals surface area contributed by atoms with Gasteiger partial charge in [0.25, 0.3) is 0 Å². The van der Waals surface area contributed by atoms with Crippen molar-refractivity contribution in [1.29, 1.82) is 0 Å². The summed E-state index contributed by atoms with van der Waals surface area (Å²) in [4.78, 5) is 5.44. The van der Waals surface area contributed by atoms with Crippen LogP contribution < -0.4 is 5.32 Å². The molecule has 2 saturated carbocycles. The molecule has 2 atom stereocenters. The second-order valence-electron chi connectivity index (χ2n) is 21.3. The molecule has 6 aromatic rings. The number of hydrogen-bond donors (Lipinski definition) is 1. The third-order valence-electron chi connectivity index (χ3n) is 17.9. The molecule has 2 spiro atoms. The minimum absolute atomic E-state index is 0.0762. The zero-order chi connectivity index (χ0) is 44.6. The number of furan rings is 1. The SMILES string of the molecule is C1=CC2=C(CC1)C1CC=C(C3=CC(c4cccc5c6c(oc45)CCC(c4cccc5c4-c4cc7c(cc4C54CCCCC4)-c4ccccc4C74CCCCC4)=C6)N=C(c4ccccc4)N3)C=C1O2. The van der Waals surface area contributed by atoms with Gasteiger partial charge >= 0.3 is 0 Å². The first-order chi connectivity index (χ1) is 33.6. The molecule has 0 saturated heterocycles. The van der Waals surface area contributed by atoms with Crippen LogP contribution in [0.5, 0.6) is 0 Å². The molecule has 1 aromatic heterocycles. The minimum Gasteiger partial charge on any atom is -0.461 e. The van der Waals surface area contributed by atoms with Gasteiger partial charge in [-0.15, -0.1) is 0 Å². The van der Waals surface area contributed by atoms with Gasteiger partial charge in [0.05, 0.1) is 0 Å². The summed E-state index contributed by atoms with van der Waals surface area (Å²) >= 11 is 0. The molecular formula is C64H56N2O2. The monoisotopic (exact) mass is 884 g/mol. The molecule has 3 heterocycles. The summed E-state index contributed by atoms with van der Waals surface area (Å²) in [5.74, 6) is 4.42. The first-order valence-electron chi connectivity index (χ1n) is 25.9. The van der Waals surface area contributed by atoms with Gasteiger partial charge in [-0.25, -0.2) is 0 Å². The average molecular weight is 885 g/mol. The van der Waals surface area contributed by atoms with E-state index in [1.807, 2.05) is 0 Å². The van der Waals surface area contributed by atoms with Crippen molar-refractivity contribution in [3.63, 3.8) is 0 Å². The zero-order valence-corrected chi connectivity index (χ0v) is 38.8. The summed E-state index contributed by atoms with van der Waals surface area (Å²) in [5.41, 5.74) is 23.5.